The number of hydrogen-bond donors (Lipinski definition) is 1. The van der Waals surface area contributed by atoms with Crippen molar-refractivity contribution in [3.05, 3.63) is 63.7 Å². The van der Waals surface area contributed by atoms with Crippen molar-refractivity contribution in [1.82, 2.24) is 0 Å². The smallest absolute Gasteiger partial charge is 0.193 e. The zero-order valence-electron chi connectivity index (χ0n) is 11.7. The number of nitrogen functional groups attached to an aromatic ring is 1. The molecule has 3 heteroatoms. The lowest BCUT2D eigenvalue weighted by Crippen LogP contribution is -2.07. The van der Waals surface area contributed by atoms with Crippen LogP contribution >= 0.6 is 11.6 Å². The second-order valence-electron chi connectivity index (χ2n) is 4.76. The van der Waals surface area contributed by atoms with Gasteiger partial charge < -0.3 is 5.73 Å². The summed E-state index contributed by atoms with van der Waals surface area (Å²) in [4.78, 5) is 12.7. The van der Waals surface area contributed by atoms with Gasteiger partial charge in [0.25, 0.3) is 0 Å². The lowest BCUT2D eigenvalue weighted by Gasteiger charge is -2.10. The maximum absolute atomic E-state index is 12.7. The Morgan fingerprint density at radius 3 is 2.45 bits per heavy atom. The zero-order valence-corrected chi connectivity index (χ0v) is 12.5. The van der Waals surface area contributed by atoms with E-state index >= 15 is 0 Å². The van der Waals surface area contributed by atoms with E-state index in [-0.39, 0.29) is 5.78 Å². The first-order valence-corrected chi connectivity index (χ1v) is 7.16. The first-order valence-electron chi connectivity index (χ1n) is 6.78. The van der Waals surface area contributed by atoms with Gasteiger partial charge in [-0.25, -0.2) is 0 Å². The molecule has 20 heavy (non-hydrogen) atoms. The highest BCUT2D eigenvalue weighted by molar-refractivity contribution is 6.33. The average Bonchev–Trinajstić information content (AvgIpc) is 2.48. The fourth-order valence-electron chi connectivity index (χ4n) is 2.20. The minimum absolute atomic E-state index is 0.000478. The number of aryl methyl sites for hydroxylation is 2. The topological polar surface area (TPSA) is 43.1 Å². The predicted octanol–water partition coefficient (Wildman–Crippen LogP) is 4.28. The van der Waals surface area contributed by atoms with Gasteiger partial charge in [0.05, 0.1) is 10.7 Å². The summed E-state index contributed by atoms with van der Waals surface area (Å²) >= 11 is 5.90. The van der Waals surface area contributed by atoms with Gasteiger partial charge in [0.15, 0.2) is 5.78 Å². The van der Waals surface area contributed by atoms with Crippen LogP contribution in [0.2, 0.25) is 5.02 Å². The number of nitrogens with two attached hydrogens (primary N) is 1. The molecule has 2 nitrogen and oxygen atoms in total. The molecular formula is C17H18ClNO. The van der Waals surface area contributed by atoms with Gasteiger partial charge in [0.1, 0.15) is 0 Å². The molecule has 0 amide bonds. The fraction of sp³-hybridized carbons (Fsp3) is 0.235. The lowest BCUT2D eigenvalue weighted by atomic mass is 9.94. The standard InChI is InChI=1S/C17H18ClNO/c1-3-11-5-6-12(4-2)14(9-11)17(20)13-7-8-15(18)16(19)10-13/h5-10H,3-4,19H2,1-2H3. The quantitative estimate of drug-likeness (QED) is 0.674. The van der Waals surface area contributed by atoms with Gasteiger partial charge in [-0.05, 0) is 48.2 Å². The van der Waals surface area contributed by atoms with Crippen molar-refractivity contribution in [2.24, 2.45) is 0 Å². The Labute approximate surface area is 124 Å². The number of rotatable bonds is 4. The van der Waals surface area contributed by atoms with Gasteiger partial charge in [-0.15, -0.1) is 0 Å². The van der Waals surface area contributed by atoms with Crippen LogP contribution in [0.3, 0.4) is 0 Å². The third-order valence-corrected chi connectivity index (χ3v) is 3.81. The van der Waals surface area contributed by atoms with E-state index in [1.165, 1.54) is 0 Å². The number of hydrogen-bond acceptors (Lipinski definition) is 2. The van der Waals surface area contributed by atoms with Crippen molar-refractivity contribution in [3.63, 3.8) is 0 Å². The third-order valence-electron chi connectivity index (χ3n) is 3.47. The van der Waals surface area contributed by atoms with Gasteiger partial charge in [-0.1, -0.05) is 37.6 Å². The zero-order chi connectivity index (χ0) is 14.7. The van der Waals surface area contributed by atoms with E-state index in [9.17, 15) is 4.79 Å². The number of carbonyl (C=O) groups excluding carboxylic acids is 1. The first-order chi connectivity index (χ1) is 9.56. The Bertz CT molecular complexity index is 649. The van der Waals surface area contributed by atoms with Crippen molar-refractivity contribution in [2.45, 2.75) is 26.7 Å². The summed E-state index contributed by atoms with van der Waals surface area (Å²) in [5.74, 6) is 0.000478. The second-order valence-corrected chi connectivity index (χ2v) is 5.17. The van der Waals surface area contributed by atoms with Gasteiger partial charge in [0, 0.05) is 11.1 Å². The van der Waals surface area contributed by atoms with Crippen LogP contribution in [0.15, 0.2) is 36.4 Å². The molecule has 0 aliphatic rings. The van der Waals surface area contributed by atoms with E-state index in [1.54, 1.807) is 18.2 Å². The maximum Gasteiger partial charge on any atom is 0.193 e. The molecule has 0 atom stereocenters. The van der Waals surface area contributed by atoms with Gasteiger partial charge in [-0.2, -0.15) is 0 Å². The second kappa shape index (κ2) is 6.10. The maximum atomic E-state index is 12.7. The highest BCUT2D eigenvalue weighted by atomic mass is 35.5. The Morgan fingerprint density at radius 1 is 1.10 bits per heavy atom. The Balaban J connectivity index is 2.48. The van der Waals surface area contributed by atoms with Crippen LogP contribution in [0.1, 0.15) is 40.9 Å². The summed E-state index contributed by atoms with van der Waals surface area (Å²) in [6.07, 6.45) is 1.74. The van der Waals surface area contributed by atoms with Gasteiger partial charge in [-0.3, -0.25) is 4.79 Å². The molecule has 0 aliphatic carbocycles. The molecule has 0 heterocycles. The number of benzene rings is 2. The molecule has 0 aromatic heterocycles. The van der Waals surface area contributed by atoms with Crippen LogP contribution in [0, 0.1) is 0 Å². The predicted molar refractivity (Wildman–Crippen MR) is 84.5 cm³/mol. The summed E-state index contributed by atoms with van der Waals surface area (Å²) in [5, 5.41) is 0.472. The summed E-state index contributed by atoms with van der Waals surface area (Å²) in [6.45, 7) is 4.13. The molecule has 2 N–H and O–H groups in total. The van der Waals surface area contributed by atoms with Crippen molar-refractivity contribution >= 4 is 23.1 Å². The van der Waals surface area contributed by atoms with Crippen molar-refractivity contribution in [3.8, 4) is 0 Å². The SMILES string of the molecule is CCc1ccc(CC)c(C(=O)c2ccc(Cl)c(N)c2)c1. The molecule has 2 aromatic carbocycles. The number of halogens is 1. The Morgan fingerprint density at radius 2 is 1.85 bits per heavy atom. The van der Waals surface area contributed by atoms with E-state index in [1.807, 2.05) is 19.1 Å². The average molecular weight is 288 g/mol. The minimum atomic E-state index is 0.000478. The Kier molecular flexibility index (Phi) is 4.46. The molecule has 0 fully saturated rings. The number of carbonyl (C=O) groups is 1. The van der Waals surface area contributed by atoms with Crippen LogP contribution in [0.25, 0.3) is 0 Å². The molecular weight excluding hydrogens is 270 g/mol. The van der Waals surface area contributed by atoms with Gasteiger partial charge >= 0.3 is 0 Å². The molecule has 0 saturated heterocycles. The lowest BCUT2D eigenvalue weighted by molar-refractivity contribution is 0.103. The first kappa shape index (κ1) is 14.6. The van der Waals surface area contributed by atoms with Crippen LogP contribution in [0.5, 0.6) is 0 Å². The molecule has 0 radical (unpaired) electrons. The third kappa shape index (κ3) is 2.86. The van der Waals surface area contributed by atoms with E-state index < -0.39 is 0 Å². The van der Waals surface area contributed by atoms with Crippen molar-refractivity contribution in [1.29, 1.82) is 0 Å². The number of anilines is 1. The highest BCUT2D eigenvalue weighted by Crippen LogP contribution is 2.23. The minimum Gasteiger partial charge on any atom is -0.398 e. The fourth-order valence-corrected chi connectivity index (χ4v) is 2.32. The summed E-state index contributed by atoms with van der Waals surface area (Å²) in [6, 6.07) is 11.1. The Hall–Kier alpha value is -1.80. The number of ketones is 1. The van der Waals surface area contributed by atoms with Crippen molar-refractivity contribution in [2.75, 3.05) is 5.73 Å². The summed E-state index contributed by atoms with van der Waals surface area (Å²) < 4.78 is 0. The van der Waals surface area contributed by atoms with Gasteiger partial charge in [0.2, 0.25) is 0 Å². The molecule has 0 bridgehead atoms. The van der Waals surface area contributed by atoms with E-state index in [2.05, 4.69) is 13.0 Å². The van der Waals surface area contributed by atoms with E-state index in [4.69, 9.17) is 17.3 Å². The van der Waals surface area contributed by atoms with Crippen LogP contribution in [0.4, 0.5) is 5.69 Å². The summed E-state index contributed by atoms with van der Waals surface area (Å²) in [5.41, 5.74) is 9.76. The van der Waals surface area contributed by atoms with E-state index in [0.29, 0.717) is 16.3 Å². The van der Waals surface area contributed by atoms with E-state index in [0.717, 1.165) is 29.5 Å². The molecule has 0 spiro atoms. The summed E-state index contributed by atoms with van der Waals surface area (Å²) in [7, 11) is 0. The molecule has 0 aliphatic heterocycles. The van der Waals surface area contributed by atoms with Crippen LogP contribution < -0.4 is 5.73 Å². The molecule has 0 saturated carbocycles. The molecule has 104 valence electrons. The largest absolute Gasteiger partial charge is 0.398 e. The monoisotopic (exact) mass is 287 g/mol. The molecule has 0 unspecified atom stereocenters. The highest BCUT2D eigenvalue weighted by Gasteiger charge is 2.14. The van der Waals surface area contributed by atoms with Crippen LogP contribution in [-0.2, 0) is 12.8 Å². The molecule has 2 aromatic rings. The normalized spacial score (nSPS) is 10.6. The molecule has 2 rings (SSSR count). The van der Waals surface area contributed by atoms with Crippen molar-refractivity contribution < 1.29 is 4.79 Å². The van der Waals surface area contributed by atoms with Crippen LogP contribution in [-0.4, -0.2) is 5.78 Å².